The van der Waals surface area contributed by atoms with E-state index in [4.69, 9.17) is 10.3 Å². The Morgan fingerprint density at radius 3 is 2.55 bits per heavy atom. The first-order valence-electron chi connectivity index (χ1n) is 2.83. The number of nitrogens with two attached hydrogens (primary N) is 1. The second-order valence-corrected chi connectivity index (χ2v) is 4.82. The van der Waals surface area contributed by atoms with E-state index in [1.54, 1.807) is 12.1 Å². The number of rotatable bonds is 1. The maximum Gasteiger partial charge on any atom is 0.171 e. The van der Waals surface area contributed by atoms with Crippen LogP contribution in [0.2, 0.25) is 0 Å². The van der Waals surface area contributed by atoms with Gasteiger partial charge in [0.2, 0.25) is 0 Å². The zero-order valence-corrected chi connectivity index (χ0v) is 7.19. The van der Waals surface area contributed by atoms with Crippen molar-refractivity contribution in [1.29, 1.82) is 0 Å². The fraction of sp³-hybridized carbons (Fsp3) is 0. The van der Waals surface area contributed by atoms with Crippen molar-refractivity contribution in [2.24, 2.45) is 0 Å². The molecule has 1 aromatic rings. The van der Waals surface area contributed by atoms with Crippen LogP contribution in [0.15, 0.2) is 29.2 Å². The summed E-state index contributed by atoms with van der Waals surface area (Å²) in [7, 11) is -3.27. The van der Waals surface area contributed by atoms with E-state index in [9.17, 15) is 4.21 Å². The quantitative estimate of drug-likeness (QED) is 0.643. The molecular weight excluding hydrogens is 182 g/mol. The van der Waals surface area contributed by atoms with Crippen molar-refractivity contribution in [3.05, 3.63) is 24.3 Å². The number of hydrogen-bond donors (Lipinski definition) is 2. The summed E-state index contributed by atoms with van der Waals surface area (Å²) in [5.41, 5.74) is 5.81. The first kappa shape index (κ1) is 8.45. The van der Waals surface area contributed by atoms with Crippen molar-refractivity contribution in [2.75, 3.05) is 5.73 Å². The molecule has 11 heavy (non-hydrogen) atoms. The largest absolute Gasteiger partial charge is 0.399 e. The van der Waals surface area contributed by atoms with Gasteiger partial charge in [-0.2, -0.15) is 0 Å². The SMILES string of the molecule is Nc1cccc(S(=O)(O)=S)c1. The summed E-state index contributed by atoms with van der Waals surface area (Å²) in [5, 5.41) is 0. The first-order chi connectivity index (χ1) is 5.00. The standard InChI is InChI=1S/C6H7NO2S2/c7-5-2-1-3-6(4-5)11(8,9)10/h1-4H,7H2,(H,8,9,10). The van der Waals surface area contributed by atoms with Crippen molar-refractivity contribution in [3.63, 3.8) is 0 Å². The summed E-state index contributed by atoms with van der Waals surface area (Å²) in [6, 6.07) is 6.10. The van der Waals surface area contributed by atoms with E-state index in [1.165, 1.54) is 12.1 Å². The first-order valence-corrected chi connectivity index (χ1v) is 5.27. The van der Waals surface area contributed by atoms with Crippen molar-refractivity contribution in [2.45, 2.75) is 4.90 Å². The van der Waals surface area contributed by atoms with Crippen LogP contribution in [0.3, 0.4) is 0 Å². The molecule has 3 N–H and O–H groups in total. The highest BCUT2D eigenvalue weighted by Gasteiger charge is 2.03. The third kappa shape index (κ3) is 2.14. The van der Waals surface area contributed by atoms with Crippen molar-refractivity contribution in [3.8, 4) is 0 Å². The normalized spacial score (nSPS) is 15.7. The Hall–Kier alpha value is -0.650. The Bertz CT molecular complexity index is 359. The molecule has 0 aliphatic rings. The lowest BCUT2D eigenvalue weighted by Gasteiger charge is -1.99. The van der Waals surface area contributed by atoms with Crippen LogP contribution in [0.5, 0.6) is 0 Å². The van der Waals surface area contributed by atoms with E-state index >= 15 is 0 Å². The van der Waals surface area contributed by atoms with E-state index < -0.39 is 8.77 Å². The van der Waals surface area contributed by atoms with Gasteiger partial charge in [-0.05, 0) is 18.2 Å². The lowest BCUT2D eigenvalue weighted by molar-refractivity contribution is 0.562. The molecule has 0 heterocycles. The Morgan fingerprint density at radius 2 is 2.18 bits per heavy atom. The van der Waals surface area contributed by atoms with Crippen molar-refractivity contribution >= 4 is 25.6 Å². The molecule has 0 aliphatic carbocycles. The molecule has 3 nitrogen and oxygen atoms in total. The maximum atomic E-state index is 10.9. The summed E-state index contributed by atoms with van der Waals surface area (Å²) in [5.74, 6) is 0. The summed E-state index contributed by atoms with van der Waals surface area (Å²) in [4.78, 5) is 0.188. The molecule has 0 radical (unpaired) electrons. The smallest absolute Gasteiger partial charge is 0.171 e. The van der Waals surface area contributed by atoms with Crippen molar-refractivity contribution in [1.82, 2.24) is 0 Å². The molecule has 0 spiro atoms. The molecule has 60 valence electrons. The molecule has 0 saturated heterocycles. The molecule has 0 aliphatic heterocycles. The minimum atomic E-state index is -3.27. The van der Waals surface area contributed by atoms with Gasteiger partial charge >= 0.3 is 0 Å². The summed E-state index contributed by atoms with van der Waals surface area (Å²) in [6.07, 6.45) is 0. The van der Waals surface area contributed by atoms with Crippen LogP contribution in [0.1, 0.15) is 0 Å². The van der Waals surface area contributed by atoms with Gasteiger partial charge in [0.15, 0.2) is 8.77 Å². The molecule has 0 amide bonds. The van der Waals surface area contributed by atoms with Crippen LogP contribution in [-0.2, 0) is 20.0 Å². The predicted octanol–water partition coefficient (Wildman–Crippen LogP) is 0.847. The molecule has 1 aromatic carbocycles. The number of hydrogen-bond acceptors (Lipinski definition) is 3. The lowest BCUT2D eigenvalue weighted by atomic mass is 10.3. The predicted molar refractivity (Wildman–Crippen MR) is 47.3 cm³/mol. The van der Waals surface area contributed by atoms with Gasteiger partial charge in [-0.3, -0.25) is 0 Å². The fourth-order valence-corrected chi connectivity index (χ4v) is 1.52. The van der Waals surface area contributed by atoms with Crippen molar-refractivity contribution < 1.29 is 8.76 Å². The van der Waals surface area contributed by atoms with Gasteiger partial charge in [0.1, 0.15) is 0 Å². The molecule has 5 heteroatoms. The van der Waals surface area contributed by atoms with Crippen LogP contribution in [-0.4, -0.2) is 8.76 Å². The molecule has 0 bridgehead atoms. The zero-order chi connectivity index (χ0) is 8.48. The summed E-state index contributed by atoms with van der Waals surface area (Å²) >= 11 is 4.34. The average Bonchev–Trinajstić information content (AvgIpc) is 1.86. The molecule has 1 rings (SSSR count). The van der Waals surface area contributed by atoms with E-state index in [0.29, 0.717) is 5.69 Å². The number of benzene rings is 1. The second-order valence-electron chi connectivity index (χ2n) is 2.05. The minimum absolute atomic E-state index is 0.188. The van der Waals surface area contributed by atoms with Crippen LogP contribution in [0.4, 0.5) is 5.69 Å². The highest BCUT2D eigenvalue weighted by molar-refractivity contribution is 8.29. The molecular formula is C6H7NO2S2. The van der Waals surface area contributed by atoms with Gasteiger partial charge in [0, 0.05) is 16.9 Å². The average molecular weight is 189 g/mol. The van der Waals surface area contributed by atoms with E-state index in [2.05, 4.69) is 11.2 Å². The summed E-state index contributed by atoms with van der Waals surface area (Å²) < 4.78 is 19.8. The van der Waals surface area contributed by atoms with Gasteiger partial charge in [-0.15, -0.1) is 0 Å². The molecule has 1 unspecified atom stereocenters. The number of nitrogen functional groups attached to an aromatic ring is 1. The minimum Gasteiger partial charge on any atom is -0.399 e. The van der Waals surface area contributed by atoms with Gasteiger partial charge in [-0.25, -0.2) is 4.21 Å². The van der Waals surface area contributed by atoms with Crippen LogP contribution in [0.25, 0.3) is 0 Å². The van der Waals surface area contributed by atoms with Crippen LogP contribution < -0.4 is 5.73 Å². The second kappa shape index (κ2) is 2.77. The Kier molecular flexibility index (Phi) is 2.12. The maximum absolute atomic E-state index is 10.9. The molecule has 1 atom stereocenters. The highest BCUT2D eigenvalue weighted by Crippen LogP contribution is 2.11. The molecule has 0 aromatic heterocycles. The Balaban J connectivity index is 3.28. The van der Waals surface area contributed by atoms with Crippen LogP contribution in [0, 0.1) is 0 Å². The monoisotopic (exact) mass is 189 g/mol. The topological polar surface area (TPSA) is 63.3 Å². The molecule has 0 saturated carbocycles. The van der Waals surface area contributed by atoms with Crippen LogP contribution >= 0.6 is 0 Å². The van der Waals surface area contributed by atoms with Gasteiger partial charge in [-0.1, -0.05) is 6.07 Å². The third-order valence-corrected chi connectivity index (χ3v) is 2.58. The van der Waals surface area contributed by atoms with Gasteiger partial charge in [0.05, 0.1) is 4.90 Å². The third-order valence-electron chi connectivity index (χ3n) is 1.16. The van der Waals surface area contributed by atoms with E-state index in [-0.39, 0.29) is 4.90 Å². The van der Waals surface area contributed by atoms with Gasteiger partial charge in [0.25, 0.3) is 0 Å². The lowest BCUT2D eigenvalue weighted by Crippen LogP contribution is -1.96. The highest BCUT2D eigenvalue weighted by atomic mass is 32.8. The zero-order valence-electron chi connectivity index (χ0n) is 5.56. The number of anilines is 1. The Labute approximate surface area is 69.7 Å². The fourth-order valence-electron chi connectivity index (χ4n) is 0.675. The summed E-state index contributed by atoms with van der Waals surface area (Å²) in [6.45, 7) is 0. The van der Waals surface area contributed by atoms with E-state index in [1.807, 2.05) is 0 Å². The van der Waals surface area contributed by atoms with E-state index in [0.717, 1.165) is 0 Å². The molecule has 0 fully saturated rings. The van der Waals surface area contributed by atoms with Gasteiger partial charge < -0.3 is 10.3 Å². The Morgan fingerprint density at radius 1 is 1.55 bits per heavy atom.